The molecule has 0 radical (unpaired) electrons. The van der Waals surface area contributed by atoms with Crippen LogP contribution in [0.3, 0.4) is 0 Å². The number of thioether (sulfide) groups is 2. The van der Waals surface area contributed by atoms with E-state index in [1.54, 1.807) is 29.2 Å². The van der Waals surface area contributed by atoms with Crippen molar-refractivity contribution < 1.29 is 18.4 Å². The van der Waals surface area contributed by atoms with Crippen molar-refractivity contribution in [1.29, 1.82) is 5.26 Å². The molecule has 1 aliphatic heterocycles. The van der Waals surface area contributed by atoms with Crippen molar-refractivity contribution in [3.63, 3.8) is 0 Å². The molecule has 3 aromatic rings. The summed E-state index contributed by atoms with van der Waals surface area (Å²) in [6.45, 7) is 0. The second kappa shape index (κ2) is 12.1. The van der Waals surface area contributed by atoms with Gasteiger partial charge in [-0.25, -0.2) is 0 Å². The Morgan fingerprint density at radius 2 is 1.76 bits per heavy atom. The first-order chi connectivity index (χ1) is 17.9. The van der Waals surface area contributed by atoms with Gasteiger partial charge in [0.15, 0.2) is 0 Å². The van der Waals surface area contributed by atoms with Gasteiger partial charge in [-0.1, -0.05) is 65.5 Å². The molecule has 0 saturated carbocycles. The number of amides is 2. The average Bonchev–Trinajstić information content (AvgIpc) is 2.89. The third-order valence-corrected chi connectivity index (χ3v) is 7.28. The van der Waals surface area contributed by atoms with Gasteiger partial charge in [0.1, 0.15) is 22.8 Å². The zero-order chi connectivity index (χ0) is 26.4. The number of rotatable bonds is 8. The SMILES string of the molecule is N#CC1=C(SCC(=O)Nc2ccc(SC(F)F)cc2)N(c2ccccc2)[C@@H](c2ccc(Cl)cc2)NC1=O. The van der Waals surface area contributed by atoms with Gasteiger partial charge >= 0.3 is 0 Å². The number of halogens is 3. The molecule has 188 valence electrons. The summed E-state index contributed by atoms with van der Waals surface area (Å²) in [5.41, 5.74) is 1.78. The molecule has 2 amide bonds. The van der Waals surface area contributed by atoms with Crippen LogP contribution in [0.5, 0.6) is 0 Å². The molecule has 3 aromatic carbocycles. The summed E-state index contributed by atoms with van der Waals surface area (Å²) in [5.74, 6) is -3.56. The number of nitrogens with zero attached hydrogens (tertiary/aromatic N) is 2. The zero-order valence-electron chi connectivity index (χ0n) is 19.0. The Kier molecular flexibility index (Phi) is 8.71. The number of hydrogen-bond donors (Lipinski definition) is 2. The molecule has 0 unspecified atom stereocenters. The molecule has 6 nitrogen and oxygen atoms in total. The van der Waals surface area contributed by atoms with Gasteiger partial charge in [0.05, 0.1) is 5.75 Å². The summed E-state index contributed by atoms with van der Waals surface area (Å²) in [6.07, 6.45) is -0.644. The molecule has 37 heavy (non-hydrogen) atoms. The monoisotopic (exact) mass is 556 g/mol. The maximum absolute atomic E-state index is 12.9. The summed E-state index contributed by atoms with van der Waals surface area (Å²) in [6, 6.07) is 24.2. The fraction of sp³-hybridized carbons (Fsp3) is 0.115. The average molecular weight is 557 g/mol. The maximum Gasteiger partial charge on any atom is 0.288 e. The van der Waals surface area contributed by atoms with Crippen LogP contribution in [0.15, 0.2) is 94.4 Å². The Morgan fingerprint density at radius 1 is 1.08 bits per heavy atom. The fourth-order valence-corrected chi connectivity index (χ4v) is 5.22. The van der Waals surface area contributed by atoms with Crippen molar-refractivity contribution >= 4 is 58.3 Å². The zero-order valence-corrected chi connectivity index (χ0v) is 21.4. The number of anilines is 2. The van der Waals surface area contributed by atoms with E-state index in [4.69, 9.17) is 11.6 Å². The third-order valence-electron chi connectivity index (χ3n) is 5.22. The van der Waals surface area contributed by atoms with Crippen molar-refractivity contribution in [2.75, 3.05) is 16.0 Å². The van der Waals surface area contributed by atoms with Crippen molar-refractivity contribution in [2.24, 2.45) is 0 Å². The molecule has 0 bridgehead atoms. The normalized spacial score (nSPS) is 15.4. The van der Waals surface area contributed by atoms with Crippen LogP contribution in [0.1, 0.15) is 11.7 Å². The van der Waals surface area contributed by atoms with Gasteiger partial charge in [-0.2, -0.15) is 14.0 Å². The van der Waals surface area contributed by atoms with E-state index in [-0.39, 0.29) is 17.2 Å². The number of para-hydroxylation sites is 1. The molecule has 0 aromatic heterocycles. The predicted octanol–water partition coefficient (Wildman–Crippen LogP) is 6.40. The molecule has 0 saturated heterocycles. The number of nitrogens with one attached hydrogen (secondary N) is 2. The smallest absolute Gasteiger partial charge is 0.288 e. The van der Waals surface area contributed by atoms with Crippen LogP contribution < -0.4 is 15.5 Å². The molecule has 1 heterocycles. The van der Waals surface area contributed by atoms with E-state index in [2.05, 4.69) is 10.6 Å². The van der Waals surface area contributed by atoms with Crippen molar-refractivity contribution in [3.05, 3.63) is 100 Å². The van der Waals surface area contributed by atoms with Crippen LogP contribution in [0, 0.1) is 11.3 Å². The Hall–Kier alpha value is -3.52. The lowest BCUT2D eigenvalue weighted by Crippen LogP contribution is -2.46. The van der Waals surface area contributed by atoms with Gasteiger partial charge in [0.25, 0.3) is 11.7 Å². The van der Waals surface area contributed by atoms with Crippen molar-refractivity contribution in [3.8, 4) is 6.07 Å². The minimum absolute atomic E-state index is 0.0992. The summed E-state index contributed by atoms with van der Waals surface area (Å²) in [5, 5.41) is 16.3. The van der Waals surface area contributed by atoms with Gasteiger partial charge in [-0.05, 0) is 54.1 Å². The topological polar surface area (TPSA) is 85.2 Å². The molecule has 1 atom stereocenters. The number of carbonyl (C=O) groups excluding carboxylic acids is 2. The number of benzene rings is 3. The van der Waals surface area contributed by atoms with Gasteiger partial charge in [0, 0.05) is 21.3 Å². The molecular weight excluding hydrogens is 538 g/mol. The second-order valence-corrected chi connectivity index (χ2v) is 10.1. The van der Waals surface area contributed by atoms with Crippen LogP contribution in [0.4, 0.5) is 20.2 Å². The molecule has 4 rings (SSSR count). The first-order valence-electron chi connectivity index (χ1n) is 10.9. The van der Waals surface area contributed by atoms with E-state index in [1.165, 1.54) is 24.3 Å². The van der Waals surface area contributed by atoms with Crippen molar-refractivity contribution in [2.45, 2.75) is 16.8 Å². The lowest BCUT2D eigenvalue weighted by molar-refractivity contribution is -0.118. The molecule has 1 aliphatic rings. The first-order valence-corrected chi connectivity index (χ1v) is 13.1. The summed E-state index contributed by atoms with van der Waals surface area (Å²) in [4.78, 5) is 27.8. The van der Waals surface area contributed by atoms with E-state index in [0.29, 0.717) is 38.1 Å². The van der Waals surface area contributed by atoms with E-state index in [1.807, 2.05) is 36.4 Å². The van der Waals surface area contributed by atoms with Crippen LogP contribution >= 0.6 is 35.1 Å². The Labute approximate surface area is 225 Å². The first kappa shape index (κ1) is 26.5. The van der Waals surface area contributed by atoms with Crippen LogP contribution in [0.2, 0.25) is 5.02 Å². The summed E-state index contributed by atoms with van der Waals surface area (Å²) >= 11 is 7.53. The summed E-state index contributed by atoms with van der Waals surface area (Å²) in [7, 11) is 0. The number of hydrogen-bond acceptors (Lipinski definition) is 6. The van der Waals surface area contributed by atoms with Crippen LogP contribution in [-0.2, 0) is 9.59 Å². The van der Waals surface area contributed by atoms with E-state index < -0.39 is 17.8 Å². The highest BCUT2D eigenvalue weighted by molar-refractivity contribution is 8.03. The highest BCUT2D eigenvalue weighted by Gasteiger charge is 2.36. The Morgan fingerprint density at radius 3 is 2.38 bits per heavy atom. The largest absolute Gasteiger partial charge is 0.327 e. The molecule has 2 N–H and O–H groups in total. The maximum atomic E-state index is 12.9. The number of carbonyl (C=O) groups is 2. The van der Waals surface area contributed by atoms with E-state index in [9.17, 15) is 23.6 Å². The quantitative estimate of drug-likeness (QED) is 0.312. The Bertz CT molecular complexity index is 1350. The minimum atomic E-state index is -2.53. The Balaban J connectivity index is 1.59. The minimum Gasteiger partial charge on any atom is -0.327 e. The molecule has 0 spiro atoms. The number of nitriles is 1. The predicted molar refractivity (Wildman–Crippen MR) is 143 cm³/mol. The third kappa shape index (κ3) is 6.63. The molecular formula is C26H19ClF2N4O2S2. The van der Waals surface area contributed by atoms with E-state index in [0.717, 1.165) is 17.3 Å². The van der Waals surface area contributed by atoms with Crippen LogP contribution in [0.25, 0.3) is 0 Å². The van der Waals surface area contributed by atoms with E-state index >= 15 is 0 Å². The molecule has 11 heteroatoms. The van der Waals surface area contributed by atoms with Gasteiger partial charge in [-0.3, -0.25) is 9.59 Å². The number of alkyl halides is 2. The fourth-order valence-electron chi connectivity index (χ4n) is 3.62. The van der Waals surface area contributed by atoms with Crippen LogP contribution in [-0.4, -0.2) is 23.3 Å². The van der Waals surface area contributed by atoms with Gasteiger partial charge < -0.3 is 15.5 Å². The second-order valence-electron chi connectivity index (χ2n) is 7.66. The lowest BCUT2D eigenvalue weighted by Gasteiger charge is -2.39. The molecule has 0 aliphatic carbocycles. The standard InChI is InChI=1S/C26H19ClF2N4O2S2/c27-17-8-6-16(7-9-17)23-32-24(35)21(14-30)25(33(23)19-4-2-1-3-5-19)36-15-22(34)31-18-10-12-20(13-11-18)37-26(28)29/h1-13,23,26H,15H2,(H,31,34)(H,32,35)/t23-/m0/s1. The highest BCUT2D eigenvalue weighted by atomic mass is 35.5. The van der Waals surface area contributed by atoms with Crippen molar-refractivity contribution in [1.82, 2.24) is 5.32 Å². The lowest BCUT2D eigenvalue weighted by atomic mass is 10.1. The summed E-state index contributed by atoms with van der Waals surface area (Å²) < 4.78 is 25.1. The van der Waals surface area contributed by atoms with Gasteiger partial charge in [-0.15, -0.1) is 0 Å². The molecule has 0 fully saturated rings. The van der Waals surface area contributed by atoms with Gasteiger partial charge in [0.2, 0.25) is 5.91 Å². The highest BCUT2D eigenvalue weighted by Crippen LogP contribution is 2.39.